The minimum Gasteiger partial charge on any atom is -0.298 e. The molecule has 1 nitrogen and oxygen atoms in total. The summed E-state index contributed by atoms with van der Waals surface area (Å²) in [5.41, 5.74) is 1.50. The van der Waals surface area contributed by atoms with E-state index in [0.29, 0.717) is 0 Å². The topological polar surface area (TPSA) is 3.24 Å². The lowest BCUT2D eigenvalue weighted by atomic mass is 9.90. The molecule has 1 aromatic carbocycles. The minimum atomic E-state index is 0.874. The van der Waals surface area contributed by atoms with Crippen molar-refractivity contribution in [2.45, 2.75) is 32.7 Å². The normalized spacial score (nSPS) is 17.4. The van der Waals surface area contributed by atoms with E-state index < -0.39 is 0 Å². The summed E-state index contributed by atoms with van der Waals surface area (Å²) in [6, 6.07) is 15.5. The Kier molecular flexibility index (Phi) is 4.54. The fourth-order valence-corrected chi connectivity index (χ4v) is 4.02. The highest BCUT2D eigenvalue weighted by atomic mass is 32.1. The third-order valence-electron chi connectivity index (χ3n) is 4.25. The van der Waals surface area contributed by atoms with Crippen LogP contribution in [0.5, 0.6) is 0 Å². The molecule has 3 rings (SSSR count). The molecule has 1 fully saturated rings. The van der Waals surface area contributed by atoms with Crippen LogP contribution in [0.1, 0.15) is 28.2 Å². The van der Waals surface area contributed by atoms with Gasteiger partial charge in [0.15, 0.2) is 0 Å². The Bertz CT molecular complexity index is 523. The zero-order valence-electron chi connectivity index (χ0n) is 12.2. The first kappa shape index (κ1) is 13.8. The Morgan fingerprint density at radius 1 is 1.05 bits per heavy atom. The molecule has 0 amide bonds. The first-order valence-corrected chi connectivity index (χ1v) is 8.43. The van der Waals surface area contributed by atoms with Crippen molar-refractivity contribution in [2.24, 2.45) is 5.92 Å². The summed E-state index contributed by atoms with van der Waals surface area (Å²) in [4.78, 5) is 5.57. The standard InChI is InChI=1S/C18H23NS/c1-15-7-8-18(20-15)14-19-11-9-17(10-12-19)13-16-5-3-2-4-6-16/h2-8,17H,9-14H2,1H3. The van der Waals surface area contributed by atoms with Crippen LogP contribution in [-0.2, 0) is 13.0 Å². The molecule has 0 N–H and O–H groups in total. The van der Waals surface area contributed by atoms with Crippen LogP contribution in [0.4, 0.5) is 0 Å². The van der Waals surface area contributed by atoms with Crippen molar-refractivity contribution < 1.29 is 0 Å². The summed E-state index contributed by atoms with van der Waals surface area (Å²) in [7, 11) is 0. The van der Waals surface area contributed by atoms with Gasteiger partial charge in [-0.3, -0.25) is 4.90 Å². The van der Waals surface area contributed by atoms with E-state index >= 15 is 0 Å². The van der Waals surface area contributed by atoms with Gasteiger partial charge in [0.05, 0.1) is 0 Å². The van der Waals surface area contributed by atoms with Crippen molar-refractivity contribution in [3.05, 3.63) is 57.8 Å². The van der Waals surface area contributed by atoms with Crippen molar-refractivity contribution in [1.82, 2.24) is 4.90 Å². The van der Waals surface area contributed by atoms with Gasteiger partial charge < -0.3 is 0 Å². The third kappa shape index (κ3) is 3.71. The predicted octanol–water partition coefficient (Wildman–Crippen LogP) is 4.51. The number of aryl methyl sites for hydroxylation is 1. The Balaban J connectivity index is 1.47. The van der Waals surface area contributed by atoms with Crippen LogP contribution in [-0.4, -0.2) is 18.0 Å². The Hall–Kier alpha value is -1.12. The number of hydrogen-bond acceptors (Lipinski definition) is 2. The Morgan fingerprint density at radius 2 is 1.80 bits per heavy atom. The monoisotopic (exact) mass is 285 g/mol. The number of rotatable bonds is 4. The summed E-state index contributed by atoms with van der Waals surface area (Å²) in [5, 5.41) is 0. The van der Waals surface area contributed by atoms with Gasteiger partial charge in [-0.1, -0.05) is 30.3 Å². The van der Waals surface area contributed by atoms with Crippen LogP contribution in [0.25, 0.3) is 0 Å². The van der Waals surface area contributed by atoms with E-state index in [1.165, 1.54) is 47.7 Å². The van der Waals surface area contributed by atoms with Gasteiger partial charge in [-0.2, -0.15) is 0 Å². The van der Waals surface area contributed by atoms with E-state index in [1.54, 1.807) is 0 Å². The Morgan fingerprint density at radius 3 is 2.45 bits per heavy atom. The molecule has 0 atom stereocenters. The highest BCUT2D eigenvalue weighted by molar-refractivity contribution is 7.11. The highest BCUT2D eigenvalue weighted by Crippen LogP contribution is 2.24. The molecule has 0 radical (unpaired) electrons. The molecule has 2 aromatic rings. The number of thiophene rings is 1. The molecule has 20 heavy (non-hydrogen) atoms. The SMILES string of the molecule is Cc1ccc(CN2CCC(Cc3ccccc3)CC2)s1. The van der Waals surface area contributed by atoms with Gasteiger partial charge in [-0.25, -0.2) is 0 Å². The quantitative estimate of drug-likeness (QED) is 0.799. The van der Waals surface area contributed by atoms with Crippen LogP contribution < -0.4 is 0 Å². The fraction of sp³-hybridized carbons (Fsp3) is 0.444. The minimum absolute atomic E-state index is 0.874. The molecule has 0 aliphatic carbocycles. The second-order valence-corrected chi connectivity index (χ2v) is 7.29. The van der Waals surface area contributed by atoms with Crippen molar-refractivity contribution in [2.75, 3.05) is 13.1 Å². The zero-order valence-corrected chi connectivity index (χ0v) is 13.0. The lowest BCUT2D eigenvalue weighted by Crippen LogP contribution is -2.33. The number of likely N-dealkylation sites (tertiary alicyclic amines) is 1. The number of benzene rings is 1. The predicted molar refractivity (Wildman–Crippen MR) is 87.2 cm³/mol. The van der Waals surface area contributed by atoms with Crippen LogP contribution in [0.3, 0.4) is 0 Å². The van der Waals surface area contributed by atoms with Crippen molar-refractivity contribution >= 4 is 11.3 Å². The average molecular weight is 285 g/mol. The van der Waals surface area contributed by atoms with Gasteiger partial charge in [0, 0.05) is 16.3 Å². The largest absolute Gasteiger partial charge is 0.298 e. The van der Waals surface area contributed by atoms with Crippen LogP contribution in [0, 0.1) is 12.8 Å². The van der Waals surface area contributed by atoms with Crippen LogP contribution >= 0.6 is 11.3 Å². The summed E-state index contributed by atoms with van der Waals surface area (Å²) in [6.07, 6.45) is 3.95. The van der Waals surface area contributed by atoms with Crippen molar-refractivity contribution in [3.63, 3.8) is 0 Å². The number of hydrogen-bond donors (Lipinski definition) is 0. The maximum absolute atomic E-state index is 2.62. The second kappa shape index (κ2) is 6.55. The van der Waals surface area contributed by atoms with Gasteiger partial charge in [-0.05, 0) is 62.9 Å². The summed E-state index contributed by atoms with van der Waals surface area (Å²) in [6.45, 7) is 5.86. The molecular weight excluding hydrogens is 262 g/mol. The molecule has 1 aliphatic rings. The van der Waals surface area contributed by atoms with Gasteiger partial charge >= 0.3 is 0 Å². The van der Waals surface area contributed by atoms with E-state index in [1.807, 2.05) is 11.3 Å². The molecule has 0 unspecified atom stereocenters. The van der Waals surface area contributed by atoms with E-state index in [0.717, 1.165) is 12.5 Å². The zero-order chi connectivity index (χ0) is 13.8. The molecule has 0 spiro atoms. The van der Waals surface area contributed by atoms with Gasteiger partial charge in [0.1, 0.15) is 0 Å². The second-order valence-electron chi connectivity index (χ2n) is 5.92. The molecule has 1 aliphatic heterocycles. The van der Waals surface area contributed by atoms with E-state index in [-0.39, 0.29) is 0 Å². The molecule has 106 valence electrons. The van der Waals surface area contributed by atoms with E-state index in [2.05, 4.69) is 54.3 Å². The molecule has 1 saturated heterocycles. The molecule has 1 aromatic heterocycles. The van der Waals surface area contributed by atoms with Gasteiger partial charge in [0.2, 0.25) is 0 Å². The van der Waals surface area contributed by atoms with Crippen LogP contribution in [0.15, 0.2) is 42.5 Å². The Labute approximate surface area is 126 Å². The number of nitrogens with zero attached hydrogens (tertiary/aromatic N) is 1. The smallest absolute Gasteiger partial charge is 0.0328 e. The molecule has 0 saturated carbocycles. The van der Waals surface area contributed by atoms with Crippen molar-refractivity contribution in [1.29, 1.82) is 0 Å². The lowest BCUT2D eigenvalue weighted by Gasteiger charge is -2.31. The van der Waals surface area contributed by atoms with Crippen LogP contribution in [0.2, 0.25) is 0 Å². The highest BCUT2D eigenvalue weighted by Gasteiger charge is 2.19. The summed E-state index contributed by atoms with van der Waals surface area (Å²) >= 11 is 1.94. The van der Waals surface area contributed by atoms with E-state index in [4.69, 9.17) is 0 Å². The average Bonchev–Trinajstić information content (AvgIpc) is 2.88. The third-order valence-corrected chi connectivity index (χ3v) is 5.24. The number of piperidine rings is 1. The molecule has 2 heterocycles. The van der Waals surface area contributed by atoms with Gasteiger partial charge in [-0.15, -0.1) is 11.3 Å². The van der Waals surface area contributed by atoms with Gasteiger partial charge in [0.25, 0.3) is 0 Å². The fourth-order valence-electron chi connectivity index (χ4n) is 3.09. The first-order chi connectivity index (χ1) is 9.79. The maximum Gasteiger partial charge on any atom is 0.0328 e. The molecular formula is C18H23NS. The first-order valence-electron chi connectivity index (χ1n) is 7.61. The van der Waals surface area contributed by atoms with Crippen molar-refractivity contribution in [3.8, 4) is 0 Å². The maximum atomic E-state index is 2.62. The molecule has 0 bridgehead atoms. The summed E-state index contributed by atoms with van der Waals surface area (Å²) < 4.78 is 0. The lowest BCUT2D eigenvalue weighted by molar-refractivity contribution is 0.178. The van der Waals surface area contributed by atoms with E-state index in [9.17, 15) is 0 Å². The molecule has 2 heteroatoms. The summed E-state index contributed by atoms with van der Waals surface area (Å²) in [5.74, 6) is 0.874.